The van der Waals surface area contributed by atoms with Crippen LogP contribution in [-0.4, -0.2) is 31.0 Å². The summed E-state index contributed by atoms with van der Waals surface area (Å²) in [6.45, 7) is 1.59. The van der Waals surface area contributed by atoms with Gasteiger partial charge in [0.25, 0.3) is 5.91 Å². The Kier molecular flexibility index (Phi) is 5.11. The molecule has 0 bridgehead atoms. The third kappa shape index (κ3) is 2.82. The fourth-order valence-corrected chi connectivity index (χ4v) is 2.16. The number of nitrogens with zero attached hydrogens (tertiary/aromatic N) is 1. The van der Waals surface area contributed by atoms with Crippen molar-refractivity contribution in [2.24, 2.45) is 0 Å². The standard InChI is InChI=1S/C12H15ClN2O2.ClH/c1-17-11-7-10(14)9(13)6-8(11)12(16)15-4-2-3-5-15;/h6-7H,2-5,14H2,1H3;1H. The van der Waals surface area contributed by atoms with E-state index in [1.54, 1.807) is 12.1 Å². The van der Waals surface area contributed by atoms with Crippen molar-refractivity contribution < 1.29 is 9.53 Å². The summed E-state index contributed by atoms with van der Waals surface area (Å²) in [5, 5.41) is 0.383. The van der Waals surface area contributed by atoms with Gasteiger partial charge in [-0.15, -0.1) is 12.4 Å². The molecule has 1 amide bonds. The minimum absolute atomic E-state index is 0. The monoisotopic (exact) mass is 290 g/mol. The van der Waals surface area contributed by atoms with Crippen LogP contribution in [0, 0.1) is 0 Å². The lowest BCUT2D eigenvalue weighted by Gasteiger charge is -2.17. The first-order valence-corrected chi connectivity index (χ1v) is 5.93. The highest BCUT2D eigenvalue weighted by molar-refractivity contribution is 6.33. The van der Waals surface area contributed by atoms with Crippen LogP contribution in [0.1, 0.15) is 23.2 Å². The Morgan fingerprint density at radius 3 is 2.56 bits per heavy atom. The molecule has 0 atom stereocenters. The highest BCUT2D eigenvalue weighted by atomic mass is 35.5. The molecule has 0 saturated carbocycles. The van der Waals surface area contributed by atoms with E-state index in [9.17, 15) is 4.79 Å². The van der Waals surface area contributed by atoms with Crippen LogP contribution in [0.5, 0.6) is 5.75 Å². The molecule has 0 aromatic heterocycles. The van der Waals surface area contributed by atoms with Gasteiger partial charge in [-0.2, -0.15) is 0 Å². The molecular formula is C12H16Cl2N2O2. The lowest BCUT2D eigenvalue weighted by atomic mass is 10.1. The van der Waals surface area contributed by atoms with E-state index in [2.05, 4.69) is 0 Å². The van der Waals surface area contributed by atoms with Crippen molar-refractivity contribution in [2.45, 2.75) is 12.8 Å². The van der Waals surface area contributed by atoms with Crippen molar-refractivity contribution in [2.75, 3.05) is 25.9 Å². The van der Waals surface area contributed by atoms with Gasteiger partial charge in [0.05, 0.1) is 23.4 Å². The molecule has 1 heterocycles. The predicted molar refractivity (Wildman–Crippen MR) is 74.8 cm³/mol. The van der Waals surface area contributed by atoms with Crippen molar-refractivity contribution in [3.05, 3.63) is 22.7 Å². The molecule has 1 aromatic carbocycles. The summed E-state index contributed by atoms with van der Waals surface area (Å²) < 4.78 is 5.18. The van der Waals surface area contributed by atoms with Gasteiger partial charge in [0, 0.05) is 19.2 Å². The molecule has 18 heavy (non-hydrogen) atoms. The minimum atomic E-state index is -0.0405. The Balaban J connectivity index is 0.00000162. The third-order valence-electron chi connectivity index (χ3n) is 2.94. The summed E-state index contributed by atoms with van der Waals surface area (Å²) in [7, 11) is 1.52. The van der Waals surface area contributed by atoms with Crippen LogP contribution in [-0.2, 0) is 0 Å². The lowest BCUT2D eigenvalue weighted by molar-refractivity contribution is 0.0789. The molecule has 6 heteroatoms. The second-order valence-corrected chi connectivity index (χ2v) is 4.48. The van der Waals surface area contributed by atoms with Gasteiger partial charge < -0.3 is 15.4 Å². The van der Waals surface area contributed by atoms with E-state index in [4.69, 9.17) is 22.1 Å². The van der Waals surface area contributed by atoms with Crippen LogP contribution in [0.25, 0.3) is 0 Å². The van der Waals surface area contributed by atoms with E-state index in [-0.39, 0.29) is 18.3 Å². The summed E-state index contributed by atoms with van der Waals surface area (Å²) >= 11 is 5.94. The molecule has 1 aromatic rings. The summed E-state index contributed by atoms with van der Waals surface area (Å²) in [6, 6.07) is 3.17. The van der Waals surface area contributed by atoms with Gasteiger partial charge in [0.1, 0.15) is 5.75 Å². The Morgan fingerprint density at radius 2 is 2.00 bits per heavy atom. The number of hydrogen-bond acceptors (Lipinski definition) is 3. The molecule has 1 saturated heterocycles. The van der Waals surface area contributed by atoms with Gasteiger partial charge in [0.2, 0.25) is 0 Å². The number of methoxy groups -OCH3 is 1. The number of anilines is 1. The number of likely N-dealkylation sites (tertiary alicyclic amines) is 1. The Morgan fingerprint density at radius 1 is 1.39 bits per heavy atom. The first-order chi connectivity index (χ1) is 8.13. The summed E-state index contributed by atoms with van der Waals surface area (Å²) in [6.07, 6.45) is 2.10. The second-order valence-electron chi connectivity index (χ2n) is 4.07. The first kappa shape index (κ1) is 14.9. The number of hydrogen-bond donors (Lipinski definition) is 1. The topological polar surface area (TPSA) is 55.6 Å². The molecule has 2 rings (SSSR count). The van der Waals surface area contributed by atoms with Crippen molar-refractivity contribution in [1.29, 1.82) is 0 Å². The van der Waals surface area contributed by atoms with E-state index >= 15 is 0 Å². The first-order valence-electron chi connectivity index (χ1n) is 5.55. The lowest BCUT2D eigenvalue weighted by Crippen LogP contribution is -2.28. The van der Waals surface area contributed by atoms with Gasteiger partial charge in [-0.05, 0) is 18.9 Å². The average Bonchev–Trinajstić information content (AvgIpc) is 2.84. The number of nitrogen functional groups attached to an aromatic ring is 1. The third-order valence-corrected chi connectivity index (χ3v) is 3.27. The average molecular weight is 291 g/mol. The molecule has 0 spiro atoms. The molecule has 1 aliphatic rings. The van der Waals surface area contributed by atoms with Crippen LogP contribution < -0.4 is 10.5 Å². The van der Waals surface area contributed by atoms with Crippen LogP contribution in [0.2, 0.25) is 5.02 Å². The van der Waals surface area contributed by atoms with Crippen molar-refractivity contribution in [3.63, 3.8) is 0 Å². The Hall–Kier alpha value is -1.13. The zero-order valence-corrected chi connectivity index (χ0v) is 11.7. The van der Waals surface area contributed by atoms with Crippen LogP contribution in [0.4, 0.5) is 5.69 Å². The van der Waals surface area contributed by atoms with E-state index < -0.39 is 0 Å². The summed E-state index contributed by atoms with van der Waals surface area (Å²) in [4.78, 5) is 14.0. The predicted octanol–water partition coefficient (Wildman–Crippen LogP) is 2.59. The van der Waals surface area contributed by atoms with Crippen molar-refractivity contribution in [3.8, 4) is 5.75 Å². The van der Waals surface area contributed by atoms with Gasteiger partial charge >= 0.3 is 0 Å². The zero-order chi connectivity index (χ0) is 12.4. The van der Waals surface area contributed by atoms with Gasteiger partial charge in [0.15, 0.2) is 0 Å². The van der Waals surface area contributed by atoms with E-state index in [1.807, 2.05) is 4.90 Å². The van der Waals surface area contributed by atoms with E-state index in [0.717, 1.165) is 25.9 Å². The van der Waals surface area contributed by atoms with Crippen LogP contribution >= 0.6 is 24.0 Å². The molecule has 1 aliphatic heterocycles. The number of benzene rings is 1. The van der Waals surface area contributed by atoms with Crippen LogP contribution in [0.15, 0.2) is 12.1 Å². The largest absolute Gasteiger partial charge is 0.496 e. The maximum absolute atomic E-state index is 12.2. The number of amides is 1. The number of carbonyl (C=O) groups is 1. The number of rotatable bonds is 2. The maximum atomic E-state index is 12.2. The Labute approximate surface area is 117 Å². The summed E-state index contributed by atoms with van der Waals surface area (Å²) in [5.74, 6) is 0.435. The van der Waals surface area contributed by atoms with E-state index in [1.165, 1.54) is 7.11 Å². The molecule has 1 fully saturated rings. The second kappa shape index (κ2) is 6.16. The Bertz CT molecular complexity index is 446. The fourth-order valence-electron chi connectivity index (χ4n) is 2.00. The van der Waals surface area contributed by atoms with Gasteiger partial charge in [-0.25, -0.2) is 0 Å². The zero-order valence-electron chi connectivity index (χ0n) is 10.1. The molecule has 4 nitrogen and oxygen atoms in total. The van der Waals surface area contributed by atoms with E-state index in [0.29, 0.717) is 22.0 Å². The maximum Gasteiger partial charge on any atom is 0.257 e. The number of halogens is 2. The van der Waals surface area contributed by atoms with Crippen LogP contribution in [0.3, 0.4) is 0 Å². The highest BCUT2D eigenvalue weighted by Gasteiger charge is 2.23. The number of ether oxygens (including phenoxy) is 1. The molecule has 100 valence electrons. The highest BCUT2D eigenvalue weighted by Crippen LogP contribution is 2.30. The molecule has 0 radical (unpaired) electrons. The smallest absolute Gasteiger partial charge is 0.257 e. The normalized spacial score (nSPS) is 14.2. The van der Waals surface area contributed by atoms with Gasteiger partial charge in [-0.1, -0.05) is 11.6 Å². The fraction of sp³-hybridized carbons (Fsp3) is 0.417. The molecule has 2 N–H and O–H groups in total. The van der Waals surface area contributed by atoms with Crippen molar-refractivity contribution in [1.82, 2.24) is 4.90 Å². The SMILES string of the molecule is COc1cc(N)c(Cl)cc1C(=O)N1CCCC1.Cl. The molecule has 0 unspecified atom stereocenters. The minimum Gasteiger partial charge on any atom is -0.496 e. The molecular weight excluding hydrogens is 275 g/mol. The molecule has 0 aliphatic carbocycles. The summed E-state index contributed by atoms with van der Waals surface area (Å²) in [5.41, 5.74) is 6.58. The van der Waals surface area contributed by atoms with Gasteiger partial charge in [-0.3, -0.25) is 4.79 Å². The quantitative estimate of drug-likeness (QED) is 0.852. The number of carbonyl (C=O) groups excluding carboxylic acids is 1. The van der Waals surface area contributed by atoms with Crippen molar-refractivity contribution >= 4 is 35.6 Å². The number of nitrogens with two attached hydrogens (primary N) is 1.